The maximum atomic E-state index is 10.9. The molecular formula is C8H10O6. The Morgan fingerprint density at radius 2 is 1.79 bits per heavy atom. The van der Waals surface area contributed by atoms with Crippen molar-refractivity contribution in [1.82, 2.24) is 0 Å². The van der Waals surface area contributed by atoms with E-state index in [1.807, 2.05) is 0 Å². The topological polar surface area (TPSA) is 89.9 Å². The summed E-state index contributed by atoms with van der Waals surface area (Å²) in [5.74, 6) is -2.89. The molecule has 0 spiro atoms. The van der Waals surface area contributed by atoms with Gasteiger partial charge >= 0.3 is 17.9 Å². The number of rotatable bonds is 4. The number of carbonyl (C=O) groups is 3. The molecule has 1 N–H and O–H groups in total. The van der Waals surface area contributed by atoms with E-state index < -0.39 is 24.3 Å². The molecule has 14 heavy (non-hydrogen) atoms. The minimum absolute atomic E-state index is 0.258. The first-order chi connectivity index (χ1) is 6.51. The van der Waals surface area contributed by atoms with Gasteiger partial charge in [-0.15, -0.1) is 0 Å². The number of hydrogen-bond donors (Lipinski definition) is 1. The van der Waals surface area contributed by atoms with Crippen LogP contribution in [0.25, 0.3) is 0 Å². The first-order valence-electron chi connectivity index (χ1n) is 3.60. The number of aliphatic carboxylic acids is 1. The summed E-state index contributed by atoms with van der Waals surface area (Å²) in [7, 11) is 2.21. The molecule has 0 amide bonds. The molecule has 0 aliphatic carbocycles. The van der Waals surface area contributed by atoms with Crippen molar-refractivity contribution >= 4 is 17.9 Å². The molecular weight excluding hydrogens is 192 g/mol. The van der Waals surface area contributed by atoms with E-state index in [2.05, 4.69) is 9.47 Å². The molecule has 6 nitrogen and oxygen atoms in total. The van der Waals surface area contributed by atoms with Gasteiger partial charge in [-0.1, -0.05) is 0 Å². The van der Waals surface area contributed by atoms with Gasteiger partial charge in [0.25, 0.3) is 0 Å². The van der Waals surface area contributed by atoms with Gasteiger partial charge in [-0.3, -0.25) is 4.79 Å². The Bertz CT molecular complexity index is 278. The maximum absolute atomic E-state index is 10.9. The monoisotopic (exact) mass is 202 g/mol. The molecule has 0 bridgehead atoms. The molecule has 0 heterocycles. The van der Waals surface area contributed by atoms with Gasteiger partial charge in [-0.2, -0.15) is 0 Å². The molecule has 0 aliphatic rings. The lowest BCUT2D eigenvalue weighted by atomic mass is 10.2. The molecule has 0 aromatic carbocycles. The van der Waals surface area contributed by atoms with Crippen LogP contribution >= 0.6 is 0 Å². The van der Waals surface area contributed by atoms with Gasteiger partial charge in [0.05, 0.1) is 26.2 Å². The largest absolute Gasteiger partial charge is 0.481 e. The zero-order valence-corrected chi connectivity index (χ0v) is 7.77. The summed E-state index contributed by atoms with van der Waals surface area (Å²) in [5, 5.41) is 8.41. The second-order valence-electron chi connectivity index (χ2n) is 2.25. The predicted molar refractivity (Wildman–Crippen MR) is 44.4 cm³/mol. The van der Waals surface area contributed by atoms with Crippen LogP contribution in [0.4, 0.5) is 0 Å². The van der Waals surface area contributed by atoms with Crippen LogP contribution in [0.3, 0.4) is 0 Å². The van der Waals surface area contributed by atoms with E-state index in [1.165, 1.54) is 0 Å². The van der Waals surface area contributed by atoms with Gasteiger partial charge in [0.15, 0.2) is 0 Å². The molecule has 0 fully saturated rings. The Kier molecular flexibility index (Phi) is 4.98. The van der Waals surface area contributed by atoms with Crippen LogP contribution in [0.15, 0.2) is 11.6 Å². The summed E-state index contributed by atoms with van der Waals surface area (Å²) in [6.07, 6.45) is 0.210. The predicted octanol–water partition coefficient (Wildman–Crippen LogP) is -0.266. The Balaban J connectivity index is 4.71. The van der Waals surface area contributed by atoms with Gasteiger partial charge in [0, 0.05) is 6.08 Å². The Morgan fingerprint density at radius 3 is 2.14 bits per heavy atom. The highest BCUT2D eigenvalue weighted by Crippen LogP contribution is 2.04. The van der Waals surface area contributed by atoms with E-state index >= 15 is 0 Å². The first kappa shape index (κ1) is 12.2. The third-order valence-corrected chi connectivity index (χ3v) is 1.28. The van der Waals surface area contributed by atoms with Crippen LogP contribution in [0.5, 0.6) is 0 Å². The number of carboxylic acid groups (broad SMARTS) is 1. The molecule has 0 saturated heterocycles. The molecule has 0 radical (unpaired) electrons. The highest BCUT2D eigenvalue weighted by molar-refractivity contribution is 5.99. The molecule has 0 unspecified atom stereocenters. The summed E-state index contributed by atoms with van der Waals surface area (Å²) in [4.78, 5) is 32.0. The lowest BCUT2D eigenvalue weighted by Crippen LogP contribution is -2.11. The van der Waals surface area contributed by atoms with Crippen LogP contribution in [0, 0.1) is 0 Å². The second-order valence-corrected chi connectivity index (χ2v) is 2.25. The van der Waals surface area contributed by atoms with E-state index in [0.29, 0.717) is 0 Å². The van der Waals surface area contributed by atoms with Crippen LogP contribution in [0.1, 0.15) is 6.42 Å². The molecule has 0 aromatic heterocycles. The van der Waals surface area contributed by atoms with Crippen molar-refractivity contribution in [3.63, 3.8) is 0 Å². The average Bonchev–Trinajstić information content (AvgIpc) is 2.14. The highest BCUT2D eigenvalue weighted by atomic mass is 16.5. The van der Waals surface area contributed by atoms with Gasteiger partial charge in [-0.25, -0.2) is 9.59 Å². The lowest BCUT2D eigenvalue weighted by molar-refractivity contribution is -0.141. The molecule has 78 valence electrons. The third-order valence-electron chi connectivity index (χ3n) is 1.28. The van der Waals surface area contributed by atoms with Crippen molar-refractivity contribution in [3.05, 3.63) is 11.6 Å². The summed E-state index contributed by atoms with van der Waals surface area (Å²) < 4.78 is 8.52. The van der Waals surface area contributed by atoms with E-state index in [9.17, 15) is 14.4 Å². The number of ether oxygens (including phenoxy) is 2. The SMILES string of the molecule is COC(=O)C=C(CC(=O)O)C(=O)OC. The number of esters is 2. The van der Waals surface area contributed by atoms with Crippen LogP contribution in [0.2, 0.25) is 0 Å². The molecule has 0 aromatic rings. The normalized spacial score (nSPS) is 10.6. The van der Waals surface area contributed by atoms with Crippen molar-refractivity contribution in [3.8, 4) is 0 Å². The zero-order chi connectivity index (χ0) is 11.1. The Hall–Kier alpha value is -1.85. The summed E-state index contributed by atoms with van der Waals surface area (Å²) in [6, 6.07) is 0. The van der Waals surface area contributed by atoms with Crippen molar-refractivity contribution < 1.29 is 29.0 Å². The van der Waals surface area contributed by atoms with Crippen LogP contribution in [-0.4, -0.2) is 37.2 Å². The quantitative estimate of drug-likeness (QED) is 0.498. The fraction of sp³-hybridized carbons (Fsp3) is 0.375. The summed E-state index contributed by atoms with van der Waals surface area (Å²) >= 11 is 0. The molecule has 0 atom stereocenters. The van der Waals surface area contributed by atoms with Crippen molar-refractivity contribution in [2.75, 3.05) is 14.2 Å². The average molecular weight is 202 g/mol. The van der Waals surface area contributed by atoms with E-state index in [1.54, 1.807) is 0 Å². The third kappa shape index (κ3) is 4.24. The standard InChI is InChI=1S/C8H10O6/c1-13-7(11)4-5(3-6(9)10)8(12)14-2/h4H,3H2,1-2H3,(H,9,10). The first-order valence-corrected chi connectivity index (χ1v) is 3.60. The fourth-order valence-electron chi connectivity index (χ4n) is 0.677. The minimum Gasteiger partial charge on any atom is -0.481 e. The number of carboxylic acids is 1. The van der Waals surface area contributed by atoms with Crippen molar-refractivity contribution in [1.29, 1.82) is 0 Å². The van der Waals surface area contributed by atoms with E-state index in [-0.39, 0.29) is 5.57 Å². The van der Waals surface area contributed by atoms with Crippen LogP contribution < -0.4 is 0 Å². The smallest absolute Gasteiger partial charge is 0.334 e. The number of carbonyl (C=O) groups excluding carboxylic acids is 2. The summed E-state index contributed by atoms with van der Waals surface area (Å²) in [5.41, 5.74) is -0.258. The van der Waals surface area contributed by atoms with Gasteiger partial charge in [-0.05, 0) is 0 Å². The van der Waals surface area contributed by atoms with E-state index in [0.717, 1.165) is 20.3 Å². The highest BCUT2D eigenvalue weighted by Gasteiger charge is 2.15. The Morgan fingerprint density at radius 1 is 1.21 bits per heavy atom. The molecule has 0 saturated carbocycles. The summed E-state index contributed by atoms with van der Waals surface area (Å²) in [6.45, 7) is 0. The number of hydrogen-bond acceptors (Lipinski definition) is 5. The van der Waals surface area contributed by atoms with Crippen molar-refractivity contribution in [2.45, 2.75) is 6.42 Å². The molecule has 0 rings (SSSR count). The molecule has 6 heteroatoms. The van der Waals surface area contributed by atoms with Crippen LogP contribution in [-0.2, 0) is 23.9 Å². The van der Waals surface area contributed by atoms with E-state index in [4.69, 9.17) is 5.11 Å². The van der Waals surface area contributed by atoms with Gasteiger partial charge in [0.1, 0.15) is 0 Å². The minimum atomic E-state index is -1.23. The zero-order valence-electron chi connectivity index (χ0n) is 7.77. The Labute approximate surface area is 80.1 Å². The second kappa shape index (κ2) is 5.74. The van der Waals surface area contributed by atoms with Gasteiger partial charge < -0.3 is 14.6 Å². The van der Waals surface area contributed by atoms with Gasteiger partial charge in [0.2, 0.25) is 0 Å². The lowest BCUT2D eigenvalue weighted by Gasteiger charge is -2.01. The fourth-order valence-corrected chi connectivity index (χ4v) is 0.677. The number of methoxy groups -OCH3 is 2. The molecule has 0 aliphatic heterocycles. The van der Waals surface area contributed by atoms with Crippen molar-refractivity contribution in [2.24, 2.45) is 0 Å². The maximum Gasteiger partial charge on any atom is 0.334 e.